The van der Waals surface area contributed by atoms with Crippen LogP contribution in [0.4, 0.5) is 17.1 Å². The zero-order valence-electron chi connectivity index (χ0n) is 9.57. The van der Waals surface area contributed by atoms with Crippen molar-refractivity contribution in [3.63, 3.8) is 0 Å². The minimum absolute atomic E-state index is 0.659. The van der Waals surface area contributed by atoms with Gasteiger partial charge in [-0.15, -0.1) is 0 Å². The molecule has 1 heterocycles. The van der Waals surface area contributed by atoms with Crippen molar-refractivity contribution >= 4 is 39.6 Å². The van der Waals surface area contributed by atoms with Gasteiger partial charge in [0.15, 0.2) is 0 Å². The Morgan fingerprint density at radius 1 is 1.06 bits per heavy atom. The number of nitrogen functional groups attached to an aromatic ring is 1. The molecule has 0 bridgehead atoms. The van der Waals surface area contributed by atoms with Crippen molar-refractivity contribution in [2.75, 3.05) is 11.1 Å². The molecule has 4 N–H and O–H groups in total. The molecule has 0 saturated carbocycles. The standard InChI is InChI=1S/C14H12ClN3/c15-9-5-6-11(16)13(7-9)18-14-8-17-12-4-2-1-3-10(12)14/h1-8,17-18H,16H2. The summed E-state index contributed by atoms with van der Waals surface area (Å²) in [7, 11) is 0. The molecular weight excluding hydrogens is 246 g/mol. The number of hydrogen-bond donors (Lipinski definition) is 3. The molecule has 0 aliphatic rings. The zero-order valence-corrected chi connectivity index (χ0v) is 10.3. The van der Waals surface area contributed by atoms with Crippen molar-refractivity contribution in [3.8, 4) is 0 Å². The average molecular weight is 258 g/mol. The summed E-state index contributed by atoms with van der Waals surface area (Å²) in [5.74, 6) is 0. The first kappa shape index (κ1) is 11.0. The summed E-state index contributed by atoms with van der Waals surface area (Å²) in [5, 5.41) is 5.08. The van der Waals surface area contributed by atoms with E-state index in [9.17, 15) is 0 Å². The number of fused-ring (bicyclic) bond motifs is 1. The van der Waals surface area contributed by atoms with Crippen LogP contribution in [0.1, 0.15) is 0 Å². The lowest BCUT2D eigenvalue weighted by molar-refractivity contribution is 1.46. The molecule has 3 aromatic rings. The van der Waals surface area contributed by atoms with E-state index in [1.54, 1.807) is 12.1 Å². The first-order chi connectivity index (χ1) is 8.74. The van der Waals surface area contributed by atoms with Gasteiger partial charge in [-0.1, -0.05) is 29.8 Å². The third-order valence-electron chi connectivity index (χ3n) is 2.87. The second kappa shape index (κ2) is 4.27. The van der Waals surface area contributed by atoms with Crippen LogP contribution in [0.25, 0.3) is 10.9 Å². The van der Waals surface area contributed by atoms with Crippen LogP contribution >= 0.6 is 11.6 Å². The minimum Gasteiger partial charge on any atom is -0.397 e. The van der Waals surface area contributed by atoms with Gasteiger partial charge in [-0.3, -0.25) is 0 Å². The number of hydrogen-bond acceptors (Lipinski definition) is 2. The predicted octanol–water partition coefficient (Wildman–Crippen LogP) is 4.15. The molecule has 0 fully saturated rings. The Kier molecular flexibility index (Phi) is 2.61. The van der Waals surface area contributed by atoms with Gasteiger partial charge in [0, 0.05) is 22.1 Å². The van der Waals surface area contributed by atoms with Crippen molar-refractivity contribution in [2.45, 2.75) is 0 Å². The molecule has 3 rings (SSSR count). The fourth-order valence-electron chi connectivity index (χ4n) is 1.96. The number of benzene rings is 2. The molecule has 0 atom stereocenters. The maximum atomic E-state index is 5.97. The van der Waals surface area contributed by atoms with Gasteiger partial charge in [-0.25, -0.2) is 0 Å². The van der Waals surface area contributed by atoms with E-state index in [-0.39, 0.29) is 0 Å². The van der Waals surface area contributed by atoms with Crippen LogP contribution in [0.15, 0.2) is 48.7 Å². The predicted molar refractivity (Wildman–Crippen MR) is 77.4 cm³/mol. The summed E-state index contributed by atoms with van der Waals surface area (Å²) in [6.45, 7) is 0. The van der Waals surface area contributed by atoms with E-state index < -0.39 is 0 Å². The van der Waals surface area contributed by atoms with Crippen molar-refractivity contribution in [2.24, 2.45) is 0 Å². The van der Waals surface area contributed by atoms with Gasteiger partial charge in [-0.05, 0) is 24.3 Å². The molecule has 0 unspecified atom stereocenters. The number of aromatic amines is 1. The van der Waals surface area contributed by atoms with Crippen molar-refractivity contribution < 1.29 is 0 Å². The molecule has 90 valence electrons. The molecule has 0 saturated heterocycles. The highest BCUT2D eigenvalue weighted by Crippen LogP contribution is 2.30. The number of aromatic nitrogens is 1. The van der Waals surface area contributed by atoms with Crippen molar-refractivity contribution in [3.05, 3.63) is 53.7 Å². The first-order valence-electron chi connectivity index (χ1n) is 5.62. The van der Waals surface area contributed by atoms with Crippen LogP contribution in [0, 0.1) is 0 Å². The fraction of sp³-hybridized carbons (Fsp3) is 0. The lowest BCUT2D eigenvalue weighted by atomic mass is 10.2. The van der Waals surface area contributed by atoms with Crippen molar-refractivity contribution in [1.29, 1.82) is 0 Å². The third-order valence-corrected chi connectivity index (χ3v) is 3.11. The van der Waals surface area contributed by atoms with E-state index in [4.69, 9.17) is 17.3 Å². The number of rotatable bonds is 2. The number of H-pyrrole nitrogens is 1. The van der Waals surface area contributed by atoms with Crippen LogP contribution in [-0.4, -0.2) is 4.98 Å². The van der Waals surface area contributed by atoms with Gasteiger partial charge in [0.1, 0.15) is 0 Å². The van der Waals surface area contributed by atoms with Gasteiger partial charge >= 0.3 is 0 Å². The first-order valence-corrected chi connectivity index (χ1v) is 6.00. The summed E-state index contributed by atoms with van der Waals surface area (Å²) in [6.07, 6.45) is 1.92. The van der Waals surface area contributed by atoms with Crippen LogP contribution in [0.2, 0.25) is 5.02 Å². The summed E-state index contributed by atoms with van der Waals surface area (Å²) in [6, 6.07) is 13.5. The molecule has 2 aromatic carbocycles. The van der Waals surface area contributed by atoms with E-state index in [1.165, 1.54) is 0 Å². The number of para-hydroxylation sites is 1. The van der Waals surface area contributed by atoms with Gasteiger partial charge in [-0.2, -0.15) is 0 Å². The minimum atomic E-state index is 0.659. The molecule has 4 heteroatoms. The molecule has 0 aliphatic heterocycles. The number of nitrogens with one attached hydrogen (secondary N) is 2. The smallest absolute Gasteiger partial charge is 0.0642 e. The SMILES string of the molecule is Nc1ccc(Cl)cc1Nc1c[nH]c2ccccc12. The summed E-state index contributed by atoms with van der Waals surface area (Å²) >= 11 is 5.97. The lowest BCUT2D eigenvalue weighted by Gasteiger charge is -2.08. The number of anilines is 3. The van der Waals surface area contributed by atoms with Gasteiger partial charge in [0.05, 0.1) is 17.1 Å². The molecule has 18 heavy (non-hydrogen) atoms. The Bertz CT molecular complexity index is 703. The Balaban J connectivity index is 2.04. The summed E-state index contributed by atoms with van der Waals surface area (Å²) < 4.78 is 0. The largest absolute Gasteiger partial charge is 0.397 e. The summed E-state index contributed by atoms with van der Waals surface area (Å²) in [4.78, 5) is 3.21. The maximum absolute atomic E-state index is 5.97. The molecular formula is C14H12ClN3. The summed E-state index contributed by atoms with van der Waals surface area (Å²) in [5.41, 5.74) is 9.47. The van der Waals surface area contributed by atoms with Gasteiger partial charge in [0.25, 0.3) is 0 Å². The monoisotopic (exact) mass is 257 g/mol. The number of nitrogens with two attached hydrogens (primary N) is 1. The molecule has 0 aliphatic carbocycles. The zero-order chi connectivity index (χ0) is 12.5. The lowest BCUT2D eigenvalue weighted by Crippen LogP contribution is -1.95. The fourth-order valence-corrected chi connectivity index (χ4v) is 2.13. The topological polar surface area (TPSA) is 53.8 Å². The molecule has 3 nitrogen and oxygen atoms in total. The molecule has 0 amide bonds. The highest BCUT2D eigenvalue weighted by molar-refractivity contribution is 6.31. The van der Waals surface area contributed by atoms with Crippen LogP contribution in [-0.2, 0) is 0 Å². The van der Waals surface area contributed by atoms with Crippen LogP contribution < -0.4 is 11.1 Å². The quantitative estimate of drug-likeness (QED) is 0.604. The Morgan fingerprint density at radius 3 is 2.78 bits per heavy atom. The van der Waals surface area contributed by atoms with E-state index in [0.717, 1.165) is 22.3 Å². The van der Waals surface area contributed by atoms with E-state index in [2.05, 4.69) is 16.4 Å². The van der Waals surface area contributed by atoms with Crippen LogP contribution in [0.3, 0.4) is 0 Å². The van der Waals surface area contributed by atoms with Gasteiger partial charge < -0.3 is 16.0 Å². The van der Waals surface area contributed by atoms with E-state index >= 15 is 0 Å². The third kappa shape index (κ3) is 1.89. The molecule has 0 spiro atoms. The maximum Gasteiger partial charge on any atom is 0.0642 e. The highest BCUT2D eigenvalue weighted by atomic mass is 35.5. The highest BCUT2D eigenvalue weighted by Gasteiger charge is 2.05. The Morgan fingerprint density at radius 2 is 1.89 bits per heavy atom. The van der Waals surface area contributed by atoms with E-state index in [0.29, 0.717) is 10.7 Å². The van der Waals surface area contributed by atoms with Crippen molar-refractivity contribution in [1.82, 2.24) is 4.98 Å². The number of halogens is 1. The normalized spacial score (nSPS) is 10.7. The Hall–Kier alpha value is -2.13. The second-order valence-electron chi connectivity index (χ2n) is 4.10. The van der Waals surface area contributed by atoms with Crippen LogP contribution in [0.5, 0.6) is 0 Å². The molecule has 0 radical (unpaired) electrons. The van der Waals surface area contributed by atoms with Gasteiger partial charge in [0.2, 0.25) is 0 Å². The second-order valence-corrected chi connectivity index (χ2v) is 4.54. The molecule has 1 aromatic heterocycles. The Labute approximate surface area is 110 Å². The average Bonchev–Trinajstić information content (AvgIpc) is 2.78. The van der Waals surface area contributed by atoms with E-state index in [1.807, 2.05) is 30.5 Å².